The van der Waals surface area contributed by atoms with Crippen molar-refractivity contribution in [2.45, 2.75) is 20.3 Å². The number of carbonyl (C=O) groups is 1. The van der Waals surface area contributed by atoms with Crippen LogP contribution in [-0.2, 0) is 9.68 Å². The van der Waals surface area contributed by atoms with Gasteiger partial charge in [0.2, 0.25) is 0 Å². The fraction of sp³-hybridized carbons (Fsp3) is 0.800. The summed E-state index contributed by atoms with van der Waals surface area (Å²) in [7, 11) is 0. The minimum Gasteiger partial charge on any atom is -0.301 e. The SMILES string of the molecule is CCC(C)C(=O)OO.[Ca]. The first-order valence-electron chi connectivity index (χ1n) is 2.57. The van der Waals surface area contributed by atoms with Gasteiger partial charge < -0.3 is 4.89 Å². The van der Waals surface area contributed by atoms with Crippen LogP contribution >= 0.6 is 0 Å². The van der Waals surface area contributed by atoms with Gasteiger partial charge in [-0.05, 0) is 6.42 Å². The molecular formula is C5H10CaO3. The Bertz CT molecular complexity index is 84.3. The van der Waals surface area contributed by atoms with Gasteiger partial charge in [-0.25, -0.2) is 4.79 Å². The summed E-state index contributed by atoms with van der Waals surface area (Å²) in [6.45, 7) is 3.54. The maximum atomic E-state index is 10.3. The zero-order chi connectivity index (χ0) is 6.57. The van der Waals surface area contributed by atoms with E-state index >= 15 is 0 Å². The van der Waals surface area contributed by atoms with Crippen LogP contribution in [0.3, 0.4) is 0 Å². The molecule has 0 fully saturated rings. The van der Waals surface area contributed by atoms with Crippen molar-refractivity contribution in [3.63, 3.8) is 0 Å². The Hall–Kier alpha value is 0.690. The van der Waals surface area contributed by atoms with Crippen LogP contribution in [0.15, 0.2) is 0 Å². The summed E-state index contributed by atoms with van der Waals surface area (Å²) in [4.78, 5) is 13.7. The van der Waals surface area contributed by atoms with Gasteiger partial charge in [0, 0.05) is 37.7 Å². The van der Waals surface area contributed by atoms with E-state index in [0.717, 1.165) is 0 Å². The van der Waals surface area contributed by atoms with Crippen LogP contribution in [0.5, 0.6) is 0 Å². The van der Waals surface area contributed by atoms with E-state index in [1.807, 2.05) is 6.92 Å². The van der Waals surface area contributed by atoms with Gasteiger partial charge in [0.15, 0.2) is 0 Å². The van der Waals surface area contributed by atoms with E-state index in [0.29, 0.717) is 6.42 Å². The quantitative estimate of drug-likeness (QED) is 0.365. The van der Waals surface area contributed by atoms with Crippen molar-refractivity contribution in [3.8, 4) is 0 Å². The molecule has 0 rings (SSSR count). The Kier molecular flexibility index (Phi) is 9.36. The topological polar surface area (TPSA) is 46.5 Å². The summed E-state index contributed by atoms with van der Waals surface area (Å²) in [5.41, 5.74) is 0. The second-order valence-electron chi connectivity index (χ2n) is 1.72. The zero-order valence-electron chi connectivity index (χ0n) is 5.76. The van der Waals surface area contributed by atoms with Crippen LogP contribution in [0.1, 0.15) is 20.3 Å². The second kappa shape index (κ2) is 6.80. The first kappa shape index (κ1) is 12.4. The van der Waals surface area contributed by atoms with E-state index in [1.165, 1.54) is 0 Å². The smallest absolute Gasteiger partial charge is 0.301 e. The summed E-state index contributed by atoms with van der Waals surface area (Å²) in [6.07, 6.45) is 0.694. The summed E-state index contributed by atoms with van der Waals surface area (Å²) in [5.74, 6) is -0.757. The fourth-order valence-corrected chi connectivity index (χ4v) is 0.257. The van der Waals surface area contributed by atoms with Crippen molar-refractivity contribution in [3.05, 3.63) is 0 Å². The van der Waals surface area contributed by atoms with E-state index in [1.54, 1.807) is 6.92 Å². The molecule has 0 aromatic carbocycles. The van der Waals surface area contributed by atoms with Crippen molar-refractivity contribution < 1.29 is 14.9 Å². The van der Waals surface area contributed by atoms with Crippen LogP contribution in [0.2, 0.25) is 0 Å². The van der Waals surface area contributed by atoms with Crippen LogP contribution in [0, 0.1) is 5.92 Å². The number of rotatable bonds is 2. The van der Waals surface area contributed by atoms with Gasteiger partial charge >= 0.3 is 5.97 Å². The third kappa shape index (κ3) is 5.15. The van der Waals surface area contributed by atoms with Crippen molar-refractivity contribution >= 4 is 43.7 Å². The van der Waals surface area contributed by atoms with Crippen molar-refractivity contribution in [1.29, 1.82) is 0 Å². The molecule has 1 atom stereocenters. The number of carbonyl (C=O) groups excluding carboxylic acids is 1. The Balaban J connectivity index is 0. The molecule has 0 amide bonds. The van der Waals surface area contributed by atoms with E-state index in [9.17, 15) is 4.79 Å². The fourth-order valence-electron chi connectivity index (χ4n) is 0.257. The van der Waals surface area contributed by atoms with Gasteiger partial charge in [0.05, 0.1) is 5.92 Å². The Morgan fingerprint density at radius 2 is 2.22 bits per heavy atom. The van der Waals surface area contributed by atoms with Gasteiger partial charge in [0.25, 0.3) is 0 Å². The van der Waals surface area contributed by atoms with Crippen molar-refractivity contribution in [2.75, 3.05) is 0 Å². The monoisotopic (exact) mass is 158 g/mol. The molecule has 0 aliphatic heterocycles. The Morgan fingerprint density at radius 3 is 2.33 bits per heavy atom. The molecule has 9 heavy (non-hydrogen) atoms. The molecule has 4 heteroatoms. The molecular weight excluding hydrogens is 148 g/mol. The third-order valence-electron chi connectivity index (χ3n) is 1.10. The molecule has 0 bridgehead atoms. The molecule has 0 saturated heterocycles. The molecule has 1 N–H and O–H groups in total. The summed E-state index contributed by atoms with van der Waals surface area (Å²) in [6, 6.07) is 0. The van der Waals surface area contributed by atoms with Crippen molar-refractivity contribution in [1.82, 2.24) is 0 Å². The minimum atomic E-state index is -0.562. The predicted octanol–water partition coefficient (Wildman–Crippen LogP) is 0.668. The average Bonchev–Trinajstić information content (AvgIpc) is 1.84. The number of hydrogen-bond acceptors (Lipinski definition) is 3. The van der Waals surface area contributed by atoms with Gasteiger partial charge in [-0.15, -0.1) is 0 Å². The molecule has 0 saturated carbocycles. The van der Waals surface area contributed by atoms with Crippen LogP contribution in [0.4, 0.5) is 0 Å². The van der Waals surface area contributed by atoms with Gasteiger partial charge in [0.1, 0.15) is 0 Å². The van der Waals surface area contributed by atoms with E-state index in [2.05, 4.69) is 4.89 Å². The summed E-state index contributed by atoms with van der Waals surface area (Å²) < 4.78 is 0. The molecule has 0 aliphatic rings. The Labute approximate surface area is 84.3 Å². The van der Waals surface area contributed by atoms with Crippen LogP contribution in [-0.4, -0.2) is 49.0 Å². The van der Waals surface area contributed by atoms with Gasteiger partial charge in [-0.2, -0.15) is 5.26 Å². The van der Waals surface area contributed by atoms with Crippen LogP contribution in [0.25, 0.3) is 0 Å². The standard InChI is InChI=1S/C5H10O3.Ca/c1-3-4(2)5(6)8-7;/h4,7H,3H2,1-2H3;. The zero-order valence-corrected chi connectivity index (χ0v) is 7.96. The predicted molar refractivity (Wildman–Crippen MR) is 33.9 cm³/mol. The number of hydrogen-bond donors (Lipinski definition) is 1. The van der Waals surface area contributed by atoms with E-state index < -0.39 is 5.97 Å². The first-order valence-corrected chi connectivity index (χ1v) is 2.57. The second-order valence-corrected chi connectivity index (χ2v) is 1.72. The average molecular weight is 158 g/mol. The van der Waals surface area contributed by atoms with E-state index in [4.69, 9.17) is 5.26 Å². The molecule has 1 unspecified atom stereocenters. The maximum Gasteiger partial charge on any atom is 0.344 e. The molecule has 0 spiro atoms. The van der Waals surface area contributed by atoms with Gasteiger partial charge in [-0.1, -0.05) is 13.8 Å². The molecule has 0 aromatic heterocycles. The molecule has 0 aliphatic carbocycles. The van der Waals surface area contributed by atoms with Crippen molar-refractivity contribution in [2.24, 2.45) is 5.92 Å². The summed E-state index contributed by atoms with van der Waals surface area (Å²) in [5, 5.41) is 7.79. The molecule has 0 aromatic rings. The minimum absolute atomic E-state index is 0. The molecule has 50 valence electrons. The Morgan fingerprint density at radius 1 is 1.78 bits per heavy atom. The van der Waals surface area contributed by atoms with Crippen LogP contribution < -0.4 is 0 Å². The van der Waals surface area contributed by atoms with Gasteiger partial charge in [-0.3, -0.25) is 0 Å². The molecule has 2 radical (unpaired) electrons. The third-order valence-corrected chi connectivity index (χ3v) is 1.10. The maximum absolute atomic E-state index is 10.3. The normalized spacial score (nSPS) is 11.4. The molecule has 0 heterocycles. The molecule has 3 nitrogen and oxygen atoms in total. The van der Waals surface area contributed by atoms with E-state index in [-0.39, 0.29) is 43.7 Å². The first-order chi connectivity index (χ1) is 3.72. The summed E-state index contributed by atoms with van der Waals surface area (Å²) >= 11 is 0. The largest absolute Gasteiger partial charge is 0.344 e.